The fourth-order valence-electron chi connectivity index (χ4n) is 1.84. The third-order valence-corrected chi connectivity index (χ3v) is 3.49. The molecule has 1 fully saturated rings. The fraction of sp³-hybridized carbons (Fsp3) is 0.818. The SMILES string of the molecule is COC1(CC(=O)N(C)CCC(N)=S)CCC1. The molecule has 1 saturated carbocycles. The summed E-state index contributed by atoms with van der Waals surface area (Å²) in [5, 5.41) is 0. The Morgan fingerprint density at radius 1 is 1.56 bits per heavy atom. The second-order valence-corrected chi connectivity index (χ2v) is 4.97. The molecule has 2 N–H and O–H groups in total. The van der Waals surface area contributed by atoms with Crippen molar-refractivity contribution in [1.29, 1.82) is 0 Å². The van der Waals surface area contributed by atoms with Gasteiger partial charge in [0, 0.05) is 27.1 Å². The maximum atomic E-state index is 11.9. The van der Waals surface area contributed by atoms with Crippen molar-refractivity contribution in [3.05, 3.63) is 0 Å². The second kappa shape index (κ2) is 5.59. The third-order valence-electron chi connectivity index (χ3n) is 3.29. The van der Waals surface area contributed by atoms with Crippen molar-refractivity contribution in [2.45, 2.75) is 37.7 Å². The Bertz CT molecular complexity index is 272. The molecule has 1 aliphatic carbocycles. The van der Waals surface area contributed by atoms with Gasteiger partial charge in [-0.05, 0) is 19.3 Å². The van der Waals surface area contributed by atoms with Gasteiger partial charge in [0.2, 0.25) is 5.91 Å². The van der Waals surface area contributed by atoms with Gasteiger partial charge in [-0.25, -0.2) is 0 Å². The van der Waals surface area contributed by atoms with Crippen molar-refractivity contribution in [2.75, 3.05) is 20.7 Å². The summed E-state index contributed by atoms with van der Waals surface area (Å²) in [7, 11) is 3.46. The summed E-state index contributed by atoms with van der Waals surface area (Å²) >= 11 is 4.78. The van der Waals surface area contributed by atoms with E-state index in [1.807, 2.05) is 0 Å². The second-order valence-electron chi connectivity index (χ2n) is 4.45. The van der Waals surface area contributed by atoms with E-state index in [9.17, 15) is 4.79 Å². The van der Waals surface area contributed by atoms with Gasteiger partial charge in [-0.1, -0.05) is 12.2 Å². The van der Waals surface area contributed by atoms with Crippen LogP contribution in [0.2, 0.25) is 0 Å². The minimum absolute atomic E-state index is 0.109. The van der Waals surface area contributed by atoms with Gasteiger partial charge in [-0.15, -0.1) is 0 Å². The monoisotopic (exact) mass is 244 g/mol. The number of nitrogens with zero attached hydrogens (tertiary/aromatic N) is 1. The van der Waals surface area contributed by atoms with E-state index in [0.717, 1.165) is 19.3 Å². The van der Waals surface area contributed by atoms with Gasteiger partial charge in [-0.2, -0.15) is 0 Å². The van der Waals surface area contributed by atoms with Crippen molar-refractivity contribution in [2.24, 2.45) is 5.73 Å². The van der Waals surface area contributed by atoms with Crippen LogP contribution in [0.15, 0.2) is 0 Å². The van der Waals surface area contributed by atoms with Crippen molar-refractivity contribution in [3.8, 4) is 0 Å². The number of hydrogen-bond acceptors (Lipinski definition) is 3. The first-order valence-corrected chi connectivity index (χ1v) is 5.97. The Morgan fingerprint density at radius 3 is 2.56 bits per heavy atom. The number of carbonyl (C=O) groups excluding carboxylic acids is 1. The molecule has 1 amide bonds. The molecule has 0 aromatic carbocycles. The lowest BCUT2D eigenvalue weighted by molar-refractivity contribution is -0.142. The number of thiocarbonyl (C=S) groups is 1. The maximum Gasteiger partial charge on any atom is 0.225 e. The molecule has 1 aliphatic rings. The predicted octanol–water partition coefficient (Wildman–Crippen LogP) is 1.08. The highest BCUT2D eigenvalue weighted by Gasteiger charge is 2.39. The number of nitrogens with two attached hydrogens (primary N) is 1. The van der Waals surface area contributed by atoms with Crippen molar-refractivity contribution in [3.63, 3.8) is 0 Å². The molecule has 0 saturated heterocycles. The van der Waals surface area contributed by atoms with Crippen LogP contribution in [-0.2, 0) is 9.53 Å². The molecule has 0 heterocycles. The van der Waals surface area contributed by atoms with Crippen LogP contribution in [0.3, 0.4) is 0 Å². The number of ether oxygens (including phenoxy) is 1. The van der Waals surface area contributed by atoms with E-state index in [2.05, 4.69) is 0 Å². The molecule has 92 valence electrons. The standard InChI is InChI=1S/C11H20N2O2S/c1-13(7-4-9(12)16)10(14)8-11(15-2)5-3-6-11/h3-8H2,1-2H3,(H2,12,16). The first-order chi connectivity index (χ1) is 7.49. The maximum absolute atomic E-state index is 11.9. The molecule has 0 bridgehead atoms. The minimum atomic E-state index is -0.200. The Hall–Kier alpha value is -0.680. The predicted molar refractivity (Wildman–Crippen MR) is 67.2 cm³/mol. The molecule has 1 rings (SSSR count). The number of hydrogen-bond donors (Lipinski definition) is 1. The average Bonchev–Trinajstić information content (AvgIpc) is 2.19. The summed E-state index contributed by atoms with van der Waals surface area (Å²) < 4.78 is 5.42. The largest absolute Gasteiger partial charge is 0.393 e. The molecule has 0 aromatic heterocycles. The molecule has 0 spiro atoms. The highest BCUT2D eigenvalue weighted by Crippen LogP contribution is 2.38. The van der Waals surface area contributed by atoms with E-state index in [4.69, 9.17) is 22.7 Å². The first kappa shape index (κ1) is 13.4. The molecule has 0 atom stereocenters. The lowest BCUT2D eigenvalue weighted by atomic mass is 9.77. The van der Waals surface area contributed by atoms with Crippen LogP contribution in [0, 0.1) is 0 Å². The van der Waals surface area contributed by atoms with Crippen LogP contribution < -0.4 is 5.73 Å². The Labute approximate surface area is 102 Å². The normalized spacial score (nSPS) is 17.6. The smallest absolute Gasteiger partial charge is 0.225 e. The highest BCUT2D eigenvalue weighted by atomic mass is 32.1. The molecule has 0 unspecified atom stereocenters. The molecule has 16 heavy (non-hydrogen) atoms. The summed E-state index contributed by atoms with van der Waals surface area (Å²) in [4.78, 5) is 14.0. The van der Waals surface area contributed by atoms with Gasteiger partial charge in [-0.3, -0.25) is 4.79 Å². The third kappa shape index (κ3) is 3.42. The lowest BCUT2D eigenvalue weighted by Crippen LogP contribution is -2.44. The first-order valence-electron chi connectivity index (χ1n) is 5.56. The van der Waals surface area contributed by atoms with Crippen LogP contribution in [0.25, 0.3) is 0 Å². The Morgan fingerprint density at radius 2 is 2.19 bits per heavy atom. The minimum Gasteiger partial charge on any atom is -0.393 e. The molecule has 0 radical (unpaired) electrons. The van der Waals surface area contributed by atoms with Crippen LogP contribution in [0.5, 0.6) is 0 Å². The fourth-order valence-corrected chi connectivity index (χ4v) is 1.93. The zero-order valence-electron chi connectivity index (χ0n) is 9.99. The zero-order chi connectivity index (χ0) is 12.2. The molecule has 0 aliphatic heterocycles. The Balaban J connectivity index is 2.36. The molecule has 0 aromatic rings. The number of carbonyl (C=O) groups is 1. The van der Waals surface area contributed by atoms with E-state index in [-0.39, 0.29) is 11.5 Å². The van der Waals surface area contributed by atoms with Crippen molar-refractivity contribution in [1.82, 2.24) is 4.90 Å². The number of amides is 1. The molecular formula is C11H20N2O2S. The summed E-state index contributed by atoms with van der Waals surface area (Å²) in [6, 6.07) is 0. The number of methoxy groups -OCH3 is 1. The van der Waals surface area contributed by atoms with Gasteiger partial charge in [0.1, 0.15) is 0 Å². The highest BCUT2D eigenvalue weighted by molar-refractivity contribution is 7.80. The quantitative estimate of drug-likeness (QED) is 0.710. The van der Waals surface area contributed by atoms with Crippen molar-refractivity contribution >= 4 is 23.1 Å². The molecule has 5 heteroatoms. The summed E-state index contributed by atoms with van der Waals surface area (Å²) in [6.07, 6.45) is 4.17. The molecular weight excluding hydrogens is 224 g/mol. The van der Waals surface area contributed by atoms with Crippen LogP contribution in [0.4, 0.5) is 0 Å². The van der Waals surface area contributed by atoms with Crippen LogP contribution in [-0.4, -0.2) is 42.1 Å². The van der Waals surface area contributed by atoms with Gasteiger partial charge in [0.25, 0.3) is 0 Å². The van der Waals surface area contributed by atoms with Gasteiger partial charge < -0.3 is 15.4 Å². The van der Waals surface area contributed by atoms with E-state index >= 15 is 0 Å². The zero-order valence-corrected chi connectivity index (χ0v) is 10.8. The topological polar surface area (TPSA) is 55.6 Å². The average molecular weight is 244 g/mol. The summed E-state index contributed by atoms with van der Waals surface area (Å²) in [5.74, 6) is 0.109. The van der Waals surface area contributed by atoms with Gasteiger partial charge in [0.15, 0.2) is 0 Å². The Kier molecular flexibility index (Phi) is 4.68. The number of rotatable bonds is 6. The van der Waals surface area contributed by atoms with Crippen molar-refractivity contribution < 1.29 is 9.53 Å². The van der Waals surface area contributed by atoms with E-state index in [0.29, 0.717) is 24.4 Å². The summed E-state index contributed by atoms with van der Waals surface area (Å²) in [6.45, 7) is 0.591. The molecule has 4 nitrogen and oxygen atoms in total. The van der Waals surface area contributed by atoms with Crippen LogP contribution in [0.1, 0.15) is 32.1 Å². The van der Waals surface area contributed by atoms with Gasteiger partial charge in [0.05, 0.1) is 17.0 Å². The van der Waals surface area contributed by atoms with Gasteiger partial charge >= 0.3 is 0 Å². The summed E-state index contributed by atoms with van der Waals surface area (Å²) in [5.41, 5.74) is 5.20. The van der Waals surface area contributed by atoms with E-state index in [1.54, 1.807) is 19.1 Å². The lowest BCUT2D eigenvalue weighted by Gasteiger charge is -2.40. The van der Waals surface area contributed by atoms with E-state index < -0.39 is 0 Å². The van der Waals surface area contributed by atoms with E-state index in [1.165, 1.54) is 0 Å². The van der Waals surface area contributed by atoms with Crippen LogP contribution >= 0.6 is 12.2 Å².